The van der Waals surface area contributed by atoms with Gasteiger partial charge in [-0.3, -0.25) is 4.79 Å². The molecule has 1 amide bonds. The smallest absolute Gasteiger partial charge is 0.249 e. The Morgan fingerprint density at radius 3 is 2.50 bits per heavy atom. The van der Waals surface area contributed by atoms with Crippen molar-refractivity contribution in [3.05, 3.63) is 71.5 Å². The third-order valence-electron chi connectivity index (χ3n) is 4.08. The van der Waals surface area contributed by atoms with Crippen LogP contribution in [0.15, 0.2) is 54.6 Å². The Morgan fingerprint density at radius 1 is 1.14 bits per heavy atom. The van der Waals surface area contributed by atoms with E-state index in [4.69, 9.17) is 4.74 Å². The van der Waals surface area contributed by atoms with Crippen LogP contribution >= 0.6 is 0 Å². The minimum Gasteiger partial charge on any atom is -0.362 e. The molecule has 2 aromatic rings. The maximum atomic E-state index is 13.0. The summed E-state index contributed by atoms with van der Waals surface area (Å²) in [7, 11) is 0. The van der Waals surface area contributed by atoms with Crippen molar-refractivity contribution >= 4 is 5.91 Å². The second-order valence-corrected chi connectivity index (χ2v) is 5.48. The lowest BCUT2D eigenvalue weighted by Crippen LogP contribution is -2.44. The van der Waals surface area contributed by atoms with E-state index in [0.29, 0.717) is 6.54 Å². The first-order chi connectivity index (χ1) is 10.6. The number of ether oxygens (including phenoxy) is 1. The molecule has 0 unspecified atom stereocenters. The summed E-state index contributed by atoms with van der Waals surface area (Å²) in [6.45, 7) is 2.54. The van der Waals surface area contributed by atoms with Crippen molar-refractivity contribution in [1.29, 1.82) is 0 Å². The lowest BCUT2D eigenvalue weighted by Gasteiger charge is -2.37. The summed E-state index contributed by atoms with van der Waals surface area (Å²) in [5.41, 5.74) is 1.98. The highest BCUT2D eigenvalue weighted by molar-refractivity contribution is 5.78. The largest absolute Gasteiger partial charge is 0.362 e. The van der Waals surface area contributed by atoms with E-state index in [1.54, 1.807) is 12.1 Å². The third-order valence-corrected chi connectivity index (χ3v) is 4.08. The first kappa shape index (κ1) is 14.7. The normalized spacial score (nSPS) is 20.0. The van der Waals surface area contributed by atoms with Crippen molar-refractivity contribution in [2.45, 2.75) is 19.1 Å². The highest BCUT2D eigenvalue weighted by atomic mass is 19.1. The highest BCUT2D eigenvalue weighted by Crippen LogP contribution is 2.29. The van der Waals surface area contributed by atoms with Crippen molar-refractivity contribution in [2.24, 2.45) is 0 Å². The molecule has 3 nitrogen and oxygen atoms in total. The van der Waals surface area contributed by atoms with Gasteiger partial charge in [-0.05, 0) is 30.2 Å². The summed E-state index contributed by atoms with van der Waals surface area (Å²) >= 11 is 0. The number of hydrogen-bond acceptors (Lipinski definition) is 2. The number of carbonyl (C=O) groups is 1. The van der Waals surface area contributed by atoms with E-state index in [1.165, 1.54) is 12.1 Å². The molecule has 4 heteroatoms. The first-order valence-corrected chi connectivity index (χ1v) is 7.36. The monoisotopic (exact) mass is 299 g/mol. The van der Waals surface area contributed by atoms with E-state index in [-0.39, 0.29) is 30.5 Å². The maximum Gasteiger partial charge on any atom is 0.249 e. The lowest BCUT2D eigenvalue weighted by molar-refractivity contribution is -0.152. The van der Waals surface area contributed by atoms with Gasteiger partial charge in [-0.1, -0.05) is 42.5 Å². The topological polar surface area (TPSA) is 29.5 Å². The third kappa shape index (κ3) is 3.02. The van der Waals surface area contributed by atoms with Crippen LogP contribution < -0.4 is 0 Å². The van der Waals surface area contributed by atoms with Crippen molar-refractivity contribution < 1.29 is 13.9 Å². The maximum absolute atomic E-state index is 13.0. The van der Waals surface area contributed by atoms with E-state index < -0.39 is 0 Å². The van der Waals surface area contributed by atoms with Crippen LogP contribution in [0, 0.1) is 5.82 Å². The Labute approximate surface area is 129 Å². The molecule has 1 aliphatic rings. The number of amides is 1. The molecule has 1 fully saturated rings. The molecule has 3 rings (SSSR count). The Hall–Kier alpha value is -2.20. The van der Waals surface area contributed by atoms with E-state index >= 15 is 0 Å². The Balaban J connectivity index is 1.79. The summed E-state index contributed by atoms with van der Waals surface area (Å²) in [5, 5.41) is 0. The SMILES string of the molecule is C[C@@H](c1ccccc1)N1C[C@@H](c2ccc(F)cc2)OCC1=O. The van der Waals surface area contributed by atoms with Crippen molar-refractivity contribution in [3.63, 3.8) is 0 Å². The quantitative estimate of drug-likeness (QED) is 0.868. The van der Waals surface area contributed by atoms with Gasteiger partial charge in [0.15, 0.2) is 0 Å². The summed E-state index contributed by atoms with van der Waals surface area (Å²) < 4.78 is 18.7. The number of carbonyl (C=O) groups excluding carboxylic acids is 1. The van der Waals surface area contributed by atoms with Crippen LogP contribution in [0.25, 0.3) is 0 Å². The molecule has 0 radical (unpaired) electrons. The number of morpholine rings is 1. The molecule has 1 aliphatic heterocycles. The van der Waals surface area contributed by atoms with Gasteiger partial charge in [0.1, 0.15) is 18.5 Å². The van der Waals surface area contributed by atoms with Gasteiger partial charge < -0.3 is 9.64 Å². The van der Waals surface area contributed by atoms with Gasteiger partial charge in [0, 0.05) is 0 Å². The molecule has 0 bridgehead atoms. The average Bonchev–Trinajstić information content (AvgIpc) is 2.56. The van der Waals surface area contributed by atoms with Gasteiger partial charge in [0.2, 0.25) is 5.91 Å². The minimum absolute atomic E-state index is 0.0134. The number of halogens is 1. The fourth-order valence-electron chi connectivity index (χ4n) is 2.75. The summed E-state index contributed by atoms with van der Waals surface area (Å²) in [4.78, 5) is 14.0. The van der Waals surface area contributed by atoms with Gasteiger partial charge in [0.25, 0.3) is 0 Å². The number of rotatable bonds is 3. The Morgan fingerprint density at radius 2 is 1.82 bits per heavy atom. The fourth-order valence-corrected chi connectivity index (χ4v) is 2.75. The van der Waals surface area contributed by atoms with Crippen LogP contribution in [-0.4, -0.2) is 24.0 Å². The highest BCUT2D eigenvalue weighted by Gasteiger charge is 2.31. The zero-order valence-corrected chi connectivity index (χ0v) is 12.4. The predicted molar refractivity (Wildman–Crippen MR) is 81.7 cm³/mol. The lowest BCUT2D eigenvalue weighted by atomic mass is 10.0. The number of nitrogens with zero attached hydrogens (tertiary/aromatic N) is 1. The van der Waals surface area contributed by atoms with E-state index in [0.717, 1.165) is 11.1 Å². The molecule has 22 heavy (non-hydrogen) atoms. The molecule has 1 heterocycles. The predicted octanol–water partition coefficient (Wildman–Crippen LogP) is 3.49. The van der Waals surface area contributed by atoms with Gasteiger partial charge >= 0.3 is 0 Å². The molecule has 1 saturated heterocycles. The van der Waals surface area contributed by atoms with Crippen LogP contribution in [0.1, 0.15) is 30.2 Å². The molecule has 114 valence electrons. The number of hydrogen-bond donors (Lipinski definition) is 0. The molecular weight excluding hydrogens is 281 g/mol. The van der Waals surface area contributed by atoms with Crippen LogP contribution in [0.4, 0.5) is 4.39 Å². The van der Waals surface area contributed by atoms with E-state index in [1.807, 2.05) is 42.2 Å². The van der Waals surface area contributed by atoms with Crippen LogP contribution in [0.5, 0.6) is 0 Å². The molecule has 0 aliphatic carbocycles. The summed E-state index contributed by atoms with van der Waals surface area (Å²) in [6.07, 6.45) is -0.218. The van der Waals surface area contributed by atoms with Gasteiger partial charge in [-0.2, -0.15) is 0 Å². The van der Waals surface area contributed by atoms with Crippen molar-refractivity contribution in [3.8, 4) is 0 Å². The second kappa shape index (κ2) is 6.28. The zero-order valence-electron chi connectivity index (χ0n) is 12.4. The van der Waals surface area contributed by atoms with Gasteiger partial charge in [-0.25, -0.2) is 4.39 Å². The summed E-state index contributed by atoms with van der Waals surface area (Å²) in [5.74, 6) is -0.292. The standard InChI is InChI=1S/C18H18FNO2/c1-13(14-5-3-2-4-6-14)20-11-17(22-12-18(20)21)15-7-9-16(19)10-8-15/h2-10,13,17H,11-12H2,1H3/t13-,17-/m0/s1. The molecule has 0 spiro atoms. The van der Waals surface area contributed by atoms with Gasteiger partial charge in [-0.15, -0.1) is 0 Å². The van der Waals surface area contributed by atoms with Crippen LogP contribution in [0.3, 0.4) is 0 Å². The Kier molecular flexibility index (Phi) is 4.20. The Bertz CT molecular complexity index is 642. The molecule has 0 N–H and O–H groups in total. The van der Waals surface area contributed by atoms with Crippen LogP contribution in [-0.2, 0) is 9.53 Å². The van der Waals surface area contributed by atoms with Gasteiger partial charge in [0.05, 0.1) is 12.6 Å². The van der Waals surface area contributed by atoms with Crippen molar-refractivity contribution in [2.75, 3.05) is 13.2 Å². The molecule has 0 aromatic heterocycles. The number of benzene rings is 2. The summed E-state index contributed by atoms with van der Waals surface area (Å²) in [6, 6.07) is 16.2. The molecular formula is C18H18FNO2. The second-order valence-electron chi connectivity index (χ2n) is 5.48. The molecule has 2 atom stereocenters. The van der Waals surface area contributed by atoms with E-state index in [9.17, 15) is 9.18 Å². The molecule has 0 saturated carbocycles. The van der Waals surface area contributed by atoms with Crippen molar-refractivity contribution in [1.82, 2.24) is 4.90 Å². The first-order valence-electron chi connectivity index (χ1n) is 7.36. The average molecular weight is 299 g/mol. The molecule has 2 aromatic carbocycles. The zero-order chi connectivity index (χ0) is 15.5. The van der Waals surface area contributed by atoms with Crippen LogP contribution in [0.2, 0.25) is 0 Å². The minimum atomic E-state index is -0.273. The fraction of sp³-hybridized carbons (Fsp3) is 0.278. The van der Waals surface area contributed by atoms with E-state index in [2.05, 4.69) is 0 Å².